The zero-order chi connectivity index (χ0) is 14.9. The van der Waals surface area contributed by atoms with Crippen molar-refractivity contribution < 1.29 is 9.90 Å². The van der Waals surface area contributed by atoms with Gasteiger partial charge in [-0.2, -0.15) is 11.8 Å². The third kappa shape index (κ3) is 5.36. The van der Waals surface area contributed by atoms with Crippen LogP contribution >= 0.6 is 11.8 Å². The summed E-state index contributed by atoms with van der Waals surface area (Å²) in [4.78, 5) is 14.2. The van der Waals surface area contributed by atoms with Crippen molar-refractivity contribution in [3.8, 4) is 0 Å². The summed E-state index contributed by atoms with van der Waals surface area (Å²) in [6, 6.07) is 10.4. The lowest BCUT2D eigenvalue weighted by Gasteiger charge is -2.28. The molecule has 0 aromatic heterocycles. The van der Waals surface area contributed by atoms with Gasteiger partial charge in [0.25, 0.3) is 0 Å². The molecular formula is C17H25NO2S. The molecule has 0 aliphatic carbocycles. The van der Waals surface area contributed by atoms with E-state index < -0.39 is 0 Å². The van der Waals surface area contributed by atoms with Gasteiger partial charge in [0.2, 0.25) is 5.91 Å². The molecule has 1 aliphatic rings. The van der Waals surface area contributed by atoms with Crippen LogP contribution in [0.15, 0.2) is 30.3 Å². The second-order valence-electron chi connectivity index (χ2n) is 5.56. The van der Waals surface area contributed by atoms with Gasteiger partial charge in [-0.25, -0.2) is 0 Å². The molecule has 1 atom stereocenters. The first-order chi connectivity index (χ1) is 10.3. The molecule has 1 saturated heterocycles. The molecular weight excluding hydrogens is 282 g/mol. The van der Waals surface area contributed by atoms with E-state index in [0.29, 0.717) is 5.75 Å². The minimum atomic E-state index is 0.0368. The van der Waals surface area contributed by atoms with Crippen molar-refractivity contribution in [1.29, 1.82) is 0 Å². The summed E-state index contributed by atoms with van der Waals surface area (Å²) in [5.74, 6) is 1.69. The van der Waals surface area contributed by atoms with Crippen LogP contribution in [0.3, 0.4) is 0 Å². The van der Waals surface area contributed by atoms with E-state index in [1.807, 2.05) is 23.1 Å². The average molecular weight is 307 g/mol. The highest BCUT2D eigenvalue weighted by molar-refractivity contribution is 7.99. The van der Waals surface area contributed by atoms with Crippen LogP contribution in [0.1, 0.15) is 31.2 Å². The highest BCUT2D eigenvalue weighted by Crippen LogP contribution is 2.18. The van der Waals surface area contributed by atoms with Gasteiger partial charge in [0, 0.05) is 6.54 Å². The average Bonchev–Trinajstić information content (AvgIpc) is 2.77. The molecule has 0 saturated carbocycles. The van der Waals surface area contributed by atoms with Crippen molar-refractivity contribution in [2.45, 2.75) is 38.1 Å². The van der Waals surface area contributed by atoms with Crippen LogP contribution in [0.5, 0.6) is 0 Å². The first-order valence-electron chi connectivity index (χ1n) is 7.83. The summed E-state index contributed by atoms with van der Waals surface area (Å²) >= 11 is 1.70. The molecule has 1 aliphatic heterocycles. The second kappa shape index (κ2) is 9.11. The van der Waals surface area contributed by atoms with E-state index in [9.17, 15) is 9.90 Å². The van der Waals surface area contributed by atoms with Gasteiger partial charge in [-0.1, -0.05) is 43.2 Å². The van der Waals surface area contributed by atoms with Crippen LogP contribution in [0.4, 0.5) is 0 Å². The molecule has 4 heteroatoms. The van der Waals surface area contributed by atoms with Gasteiger partial charge in [0.1, 0.15) is 0 Å². The first-order valence-corrected chi connectivity index (χ1v) is 8.98. The lowest BCUT2D eigenvalue weighted by molar-refractivity contribution is -0.131. The summed E-state index contributed by atoms with van der Waals surface area (Å²) < 4.78 is 0. The topological polar surface area (TPSA) is 40.5 Å². The normalized spacial score (nSPS) is 19.3. The number of carbonyl (C=O) groups is 1. The maximum absolute atomic E-state index is 12.3. The van der Waals surface area contributed by atoms with Gasteiger partial charge in [0.15, 0.2) is 0 Å². The number of aliphatic hydroxyl groups is 1. The van der Waals surface area contributed by atoms with Crippen molar-refractivity contribution in [3.63, 3.8) is 0 Å². The molecule has 1 aromatic rings. The Morgan fingerprint density at radius 1 is 1.24 bits per heavy atom. The zero-order valence-corrected chi connectivity index (χ0v) is 13.4. The number of aliphatic hydroxyl groups excluding tert-OH is 1. The molecule has 21 heavy (non-hydrogen) atoms. The van der Waals surface area contributed by atoms with Crippen molar-refractivity contribution in [3.05, 3.63) is 35.9 Å². The third-order valence-electron chi connectivity index (χ3n) is 4.01. The number of carbonyl (C=O) groups excluding carboxylic acids is 1. The Morgan fingerprint density at radius 2 is 2.05 bits per heavy atom. The number of rotatable bonds is 6. The highest BCUT2D eigenvalue weighted by Gasteiger charge is 2.24. The number of hydrogen-bond acceptors (Lipinski definition) is 3. The second-order valence-corrected chi connectivity index (χ2v) is 6.67. The Kier molecular flexibility index (Phi) is 7.10. The van der Waals surface area contributed by atoms with Gasteiger partial charge in [-0.3, -0.25) is 4.79 Å². The molecule has 1 fully saturated rings. The van der Waals surface area contributed by atoms with Crippen LogP contribution in [0.2, 0.25) is 0 Å². The van der Waals surface area contributed by atoms with Crippen LogP contribution in [0, 0.1) is 0 Å². The van der Waals surface area contributed by atoms with E-state index in [4.69, 9.17) is 0 Å². The minimum absolute atomic E-state index is 0.0368. The molecule has 1 aromatic carbocycles. The van der Waals surface area contributed by atoms with Crippen LogP contribution < -0.4 is 0 Å². The fraction of sp³-hybridized carbons (Fsp3) is 0.588. The van der Waals surface area contributed by atoms with E-state index in [2.05, 4.69) is 12.1 Å². The van der Waals surface area contributed by atoms with E-state index >= 15 is 0 Å². The maximum Gasteiger partial charge on any atom is 0.232 e. The molecule has 1 amide bonds. The molecule has 3 nitrogen and oxygen atoms in total. The van der Waals surface area contributed by atoms with E-state index in [0.717, 1.165) is 38.0 Å². The number of aryl methyl sites for hydroxylation is 1. The predicted molar refractivity (Wildman–Crippen MR) is 88.5 cm³/mol. The summed E-state index contributed by atoms with van der Waals surface area (Å²) in [6.07, 6.45) is 5.30. The van der Waals surface area contributed by atoms with Crippen LogP contribution in [-0.4, -0.2) is 46.6 Å². The Bertz CT molecular complexity index is 424. The van der Waals surface area contributed by atoms with Crippen molar-refractivity contribution in [2.75, 3.05) is 24.7 Å². The molecule has 116 valence electrons. The molecule has 0 spiro atoms. The van der Waals surface area contributed by atoms with Crippen molar-refractivity contribution in [1.82, 2.24) is 4.90 Å². The van der Waals surface area contributed by atoms with Gasteiger partial charge < -0.3 is 10.0 Å². The Labute approximate surface area is 131 Å². The molecule has 2 rings (SSSR count). The number of benzene rings is 1. The highest BCUT2D eigenvalue weighted by atomic mass is 32.2. The predicted octanol–water partition coefficient (Wildman–Crippen LogP) is 2.73. The lowest BCUT2D eigenvalue weighted by Crippen LogP contribution is -2.43. The molecule has 1 heterocycles. The largest absolute Gasteiger partial charge is 0.394 e. The van der Waals surface area contributed by atoms with Crippen LogP contribution in [0.25, 0.3) is 0 Å². The van der Waals surface area contributed by atoms with Gasteiger partial charge >= 0.3 is 0 Å². The Balaban J connectivity index is 1.72. The van der Waals surface area contributed by atoms with E-state index in [1.54, 1.807) is 11.8 Å². The molecule has 1 unspecified atom stereocenters. The van der Waals surface area contributed by atoms with E-state index in [1.165, 1.54) is 12.0 Å². The summed E-state index contributed by atoms with van der Waals surface area (Å²) in [7, 11) is 0. The minimum Gasteiger partial charge on any atom is -0.394 e. The zero-order valence-electron chi connectivity index (χ0n) is 12.5. The van der Waals surface area contributed by atoms with Crippen molar-refractivity contribution >= 4 is 17.7 Å². The van der Waals surface area contributed by atoms with Crippen LogP contribution in [-0.2, 0) is 11.2 Å². The van der Waals surface area contributed by atoms with Gasteiger partial charge in [-0.05, 0) is 30.6 Å². The standard InChI is InChI=1S/C17H25NO2S/c19-13-16-9-5-2-6-11-18(16)17(20)14-21-12-10-15-7-3-1-4-8-15/h1,3-4,7-8,16,19H,2,5-6,9-14H2. The molecule has 0 bridgehead atoms. The Morgan fingerprint density at radius 3 is 2.81 bits per heavy atom. The van der Waals surface area contributed by atoms with Gasteiger partial charge in [0.05, 0.1) is 18.4 Å². The first kappa shape index (κ1) is 16.4. The lowest BCUT2D eigenvalue weighted by atomic mass is 10.1. The number of thioether (sulfide) groups is 1. The number of likely N-dealkylation sites (tertiary alicyclic amines) is 1. The molecule has 0 radical (unpaired) electrons. The molecule has 1 N–H and O–H groups in total. The summed E-state index contributed by atoms with van der Waals surface area (Å²) in [6.45, 7) is 0.906. The Hall–Kier alpha value is -1.00. The smallest absolute Gasteiger partial charge is 0.232 e. The quantitative estimate of drug-likeness (QED) is 0.822. The number of amides is 1. The monoisotopic (exact) mass is 307 g/mol. The summed E-state index contributed by atoms with van der Waals surface area (Å²) in [5, 5.41) is 9.45. The van der Waals surface area contributed by atoms with Gasteiger partial charge in [-0.15, -0.1) is 0 Å². The maximum atomic E-state index is 12.3. The third-order valence-corrected chi connectivity index (χ3v) is 4.96. The van der Waals surface area contributed by atoms with Crippen molar-refractivity contribution in [2.24, 2.45) is 0 Å². The van der Waals surface area contributed by atoms with E-state index in [-0.39, 0.29) is 18.6 Å². The number of nitrogens with zero attached hydrogens (tertiary/aromatic N) is 1. The summed E-state index contributed by atoms with van der Waals surface area (Å²) in [5.41, 5.74) is 1.32. The number of hydrogen-bond donors (Lipinski definition) is 1. The SMILES string of the molecule is O=C(CSCCc1ccccc1)N1CCCCCC1CO. The fourth-order valence-electron chi connectivity index (χ4n) is 2.77. The fourth-order valence-corrected chi connectivity index (χ4v) is 3.64.